The molecule has 0 aliphatic carbocycles. The van der Waals surface area contributed by atoms with Crippen molar-refractivity contribution >= 4 is 17.1 Å². The van der Waals surface area contributed by atoms with Crippen molar-refractivity contribution in [2.45, 2.75) is 0 Å². The number of rotatable bonds is 1. The minimum absolute atomic E-state index is 0.985. The van der Waals surface area contributed by atoms with Crippen LogP contribution < -0.4 is 5.84 Å². The Morgan fingerprint density at radius 3 is 2.59 bits per heavy atom. The SMILES string of the molecule is C#N.C#N.Cn1ncc2ccc(C=NN)cc21. The summed E-state index contributed by atoms with van der Waals surface area (Å²) >= 11 is 0. The Labute approximate surface area is 99.2 Å². The first kappa shape index (κ1) is 14.1. The van der Waals surface area contributed by atoms with E-state index >= 15 is 0 Å². The number of hydrogen-bond acceptors (Lipinski definition) is 5. The van der Waals surface area contributed by atoms with Gasteiger partial charge in [-0.05, 0) is 11.6 Å². The van der Waals surface area contributed by atoms with Crippen LogP contribution in [0.5, 0.6) is 0 Å². The summed E-state index contributed by atoms with van der Waals surface area (Å²) in [6.45, 7) is 7.00. The quantitative estimate of drug-likeness (QED) is 0.449. The van der Waals surface area contributed by atoms with Crippen LogP contribution in [0.4, 0.5) is 0 Å². The minimum atomic E-state index is 0.985. The topological polar surface area (TPSA) is 104 Å². The summed E-state index contributed by atoms with van der Waals surface area (Å²) in [5.74, 6) is 5.06. The van der Waals surface area contributed by atoms with Crippen LogP contribution in [-0.2, 0) is 7.05 Å². The second-order valence-electron chi connectivity index (χ2n) is 2.86. The molecule has 6 heteroatoms. The van der Waals surface area contributed by atoms with Crippen LogP contribution in [0.25, 0.3) is 10.9 Å². The van der Waals surface area contributed by atoms with Crippen LogP contribution in [0.3, 0.4) is 0 Å². The molecule has 2 rings (SSSR count). The van der Waals surface area contributed by atoms with Gasteiger partial charge in [0.05, 0.1) is 17.9 Å². The van der Waals surface area contributed by atoms with Gasteiger partial charge in [-0.25, -0.2) is 10.5 Å². The van der Waals surface area contributed by atoms with Crippen LogP contribution in [0.2, 0.25) is 0 Å². The Hall–Kier alpha value is -2.86. The van der Waals surface area contributed by atoms with E-state index in [9.17, 15) is 0 Å². The molecule has 2 aromatic rings. The van der Waals surface area contributed by atoms with Gasteiger partial charge in [-0.1, -0.05) is 12.1 Å². The molecule has 0 aliphatic heterocycles. The molecule has 0 radical (unpaired) electrons. The molecule has 0 fully saturated rings. The van der Waals surface area contributed by atoms with Gasteiger partial charge >= 0.3 is 0 Å². The smallest absolute Gasteiger partial charge is 0.0685 e. The van der Waals surface area contributed by atoms with Crippen molar-refractivity contribution in [3.63, 3.8) is 0 Å². The van der Waals surface area contributed by atoms with Crippen molar-refractivity contribution < 1.29 is 0 Å². The van der Waals surface area contributed by atoms with E-state index in [1.54, 1.807) is 6.21 Å². The Kier molecular flexibility index (Phi) is 6.18. The first-order valence-corrected chi connectivity index (χ1v) is 4.48. The number of hydrogen-bond donors (Lipinski definition) is 1. The van der Waals surface area contributed by atoms with Crippen LogP contribution in [0, 0.1) is 23.7 Å². The minimum Gasteiger partial charge on any atom is -0.323 e. The first-order chi connectivity index (χ1) is 8.31. The lowest BCUT2D eigenvalue weighted by molar-refractivity contribution is 0.797. The van der Waals surface area contributed by atoms with Crippen molar-refractivity contribution in [2.75, 3.05) is 0 Å². The van der Waals surface area contributed by atoms with Crippen LogP contribution in [0.1, 0.15) is 5.56 Å². The van der Waals surface area contributed by atoms with Crippen molar-refractivity contribution in [3.8, 4) is 13.1 Å². The highest BCUT2D eigenvalue weighted by Crippen LogP contribution is 2.13. The summed E-state index contributed by atoms with van der Waals surface area (Å²) in [5, 5.41) is 21.7. The molecule has 17 heavy (non-hydrogen) atoms. The second kappa shape index (κ2) is 7.43. The number of nitrogens with zero attached hydrogens (tertiary/aromatic N) is 5. The number of hydrazone groups is 1. The summed E-state index contributed by atoms with van der Waals surface area (Å²) in [6, 6.07) is 5.96. The van der Waals surface area contributed by atoms with Crippen LogP contribution >= 0.6 is 0 Å². The molecule has 0 atom stereocenters. The lowest BCUT2D eigenvalue weighted by atomic mass is 10.2. The summed E-state index contributed by atoms with van der Waals surface area (Å²) < 4.78 is 1.82. The fourth-order valence-electron chi connectivity index (χ4n) is 1.33. The first-order valence-electron chi connectivity index (χ1n) is 4.48. The molecule has 0 spiro atoms. The van der Waals surface area contributed by atoms with E-state index in [1.807, 2.05) is 36.1 Å². The molecule has 1 aromatic heterocycles. The number of aryl methyl sites for hydroxylation is 1. The zero-order valence-electron chi connectivity index (χ0n) is 9.35. The van der Waals surface area contributed by atoms with E-state index in [0.717, 1.165) is 16.5 Å². The predicted octanol–water partition coefficient (Wildman–Crippen LogP) is 1.15. The molecule has 0 saturated heterocycles. The molecule has 2 N–H and O–H groups in total. The van der Waals surface area contributed by atoms with Gasteiger partial charge in [0.15, 0.2) is 0 Å². The van der Waals surface area contributed by atoms with E-state index in [0.29, 0.717) is 0 Å². The zero-order chi connectivity index (χ0) is 13.3. The maximum absolute atomic E-state index is 6.50. The number of nitriles is 2. The number of fused-ring (bicyclic) bond motifs is 1. The Balaban J connectivity index is 0.000000581. The third kappa shape index (κ3) is 3.33. The van der Waals surface area contributed by atoms with E-state index < -0.39 is 0 Å². The highest BCUT2D eigenvalue weighted by atomic mass is 15.2. The summed E-state index contributed by atoms with van der Waals surface area (Å²) in [5.41, 5.74) is 2.07. The number of nitrogens with two attached hydrogens (primary N) is 1. The third-order valence-electron chi connectivity index (χ3n) is 2.00. The molecular formula is C11H12N6. The average Bonchev–Trinajstić information content (AvgIpc) is 2.77. The van der Waals surface area contributed by atoms with Gasteiger partial charge in [0.25, 0.3) is 0 Å². The van der Waals surface area contributed by atoms with Gasteiger partial charge < -0.3 is 5.84 Å². The summed E-state index contributed by atoms with van der Waals surface area (Å²) in [7, 11) is 1.91. The van der Waals surface area contributed by atoms with Gasteiger partial charge in [0.2, 0.25) is 0 Å². The van der Waals surface area contributed by atoms with E-state index in [2.05, 4.69) is 23.3 Å². The molecule has 0 aliphatic rings. The molecule has 86 valence electrons. The van der Waals surface area contributed by atoms with Gasteiger partial charge in [-0.3, -0.25) is 4.68 Å². The van der Waals surface area contributed by atoms with E-state index in [4.69, 9.17) is 16.4 Å². The fraction of sp³-hybridized carbons (Fsp3) is 0.0909. The van der Waals surface area contributed by atoms with Crippen molar-refractivity contribution in [2.24, 2.45) is 18.0 Å². The van der Waals surface area contributed by atoms with Gasteiger partial charge in [-0.2, -0.15) is 10.2 Å². The summed E-state index contributed by atoms with van der Waals surface area (Å²) in [4.78, 5) is 0. The standard InChI is InChI=1S/C9H10N4.2CHN/c1-13-9-4-7(5-11-10)2-3-8(9)6-12-13;2*1-2/h2-6H,10H2,1H3;2*1H. The average molecular weight is 228 g/mol. The van der Waals surface area contributed by atoms with Crippen molar-refractivity contribution in [3.05, 3.63) is 30.0 Å². The molecule has 0 amide bonds. The largest absolute Gasteiger partial charge is 0.323 e. The molecule has 0 bridgehead atoms. The zero-order valence-corrected chi connectivity index (χ0v) is 9.35. The van der Waals surface area contributed by atoms with Crippen molar-refractivity contribution in [1.82, 2.24) is 9.78 Å². The lowest BCUT2D eigenvalue weighted by Crippen LogP contribution is -1.90. The predicted molar refractivity (Wildman–Crippen MR) is 65.8 cm³/mol. The maximum Gasteiger partial charge on any atom is 0.0685 e. The Bertz CT molecular complexity index is 528. The number of benzene rings is 1. The van der Waals surface area contributed by atoms with Crippen LogP contribution in [0.15, 0.2) is 29.5 Å². The van der Waals surface area contributed by atoms with Gasteiger partial charge in [0, 0.05) is 25.6 Å². The molecule has 1 heterocycles. The molecule has 1 aromatic carbocycles. The van der Waals surface area contributed by atoms with Gasteiger partial charge in [0.1, 0.15) is 0 Å². The summed E-state index contributed by atoms with van der Waals surface area (Å²) in [6.07, 6.45) is 3.45. The molecule has 0 saturated carbocycles. The highest BCUT2D eigenvalue weighted by molar-refractivity contribution is 5.88. The Morgan fingerprint density at radius 1 is 1.35 bits per heavy atom. The molecule has 0 unspecified atom stereocenters. The van der Waals surface area contributed by atoms with E-state index in [1.165, 1.54) is 0 Å². The number of aromatic nitrogens is 2. The van der Waals surface area contributed by atoms with Crippen molar-refractivity contribution in [1.29, 1.82) is 10.5 Å². The third-order valence-corrected chi connectivity index (χ3v) is 2.00. The fourth-order valence-corrected chi connectivity index (χ4v) is 1.33. The van der Waals surface area contributed by atoms with E-state index in [-0.39, 0.29) is 0 Å². The second-order valence-corrected chi connectivity index (χ2v) is 2.86. The monoisotopic (exact) mass is 228 g/mol. The normalized spacial score (nSPS) is 9.00. The maximum atomic E-state index is 6.50. The van der Waals surface area contributed by atoms with Crippen LogP contribution in [-0.4, -0.2) is 16.0 Å². The lowest BCUT2D eigenvalue weighted by Gasteiger charge is -1.95. The molecule has 6 nitrogen and oxygen atoms in total. The highest BCUT2D eigenvalue weighted by Gasteiger charge is 1.98. The molecular weight excluding hydrogens is 216 g/mol. The Morgan fingerprint density at radius 2 is 2.00 bits per heavy atom. The van der Waals surface area contributed by atoms with Gasteiger partial charge in [-0.15, -0.1) is 0 Å².